The van der Waals surface area contributed by atoms with Crippen molar-refractivity contribution in [3.63, 3.8) is 0 Å². The molecule has 27 heavy (non-hydrogen) atoms. The van der Waals surface area contributed by atoms with Crippen LogP contribution in [0.3, 0.4) is 0 Å². The monoisotopic (exact) mass is 385 g/mol. The molecule has 2 aromatic heterocycles. The number of carbonyl (C=O) groups excluding carboxylic acids is 1. The molecule has 1 saturated heterocycles. The van der Waals surface area contributed by atoms with Gasteiger partial charge in [0.05, 0.1) is 5.39 Å². The zero-order valence-electron chi connectivity index (χ0n) is 15.2. The second-order valence-electron chi connectivity index (χ2n) is 7.51. The predicted molar refractivity (Wildman–Crippen MR) is 105 cm³/mol. The largest absolute Gasteiger partial charge is 0.337 e. The van der Waals surface area contributed by atoms with Crippen LogP contribution in [0.15, 0.2) is 40.6 Å². The Bertz CT molecular complexity index is 1110. The average molecular weight is 385 g/mol. The SMILES string of the molecule is Cc1cc(-c2csc3ccn(CC(=O)N4CC(C)(N)C4)c(=O)c23)ccc1F. The molecule has 0 aliphatic carbocycles. The van der Waals surface area contributed by atoms with Crippen LogP contribution in [0.2, 0.25) is 0 Å². The van der Waals surface area contributed by atoms with Crippen LogP contribution in [0.25, 0.3) is 21.2 Å². The molecular weight excluding hydrogens is 365 g/mol. The summed E-state index contributed by atoms with van der Waals surface area (Å²) in [5.74, 6) is -0.392. The number of pyridine rings is 1. The van der Waals surface area contributed by atoms with Crippen molar-refractivity contribution in [1.29, 1.82) is 0 Å². The quantitative estimate of drug-likeness (QED) is 0.754. The van der Waals surface area contributed by atoms with Crippen molar-refractivity contribution in [3.8, 4) is 11.1 Å². The molecule has 140 valence electrons. The minimum absolute atomic E-state index is 0.0113. The Morgan fingerprint density at radius 3 is 2.74 bits per heavy atom. The third kappa shape index (κ3) is 3.17. The van der Waals surface area contributed by atoms with Gasteiger partial charge >= 0.3 is 0 Å². The summed E-state index contributed by atoms with van der Waals surface area (Å²) in [5, 5.41) is 2.47. The van der Waals surface area contributed by atoms with Gasteiger partial charge in [-0.2, -0.15) is 0 Å². The highest BCUT2D eigenvalue weighted by Gasteiger charge is 2.37. The van der Waals surface area contributed by atoms with Crippen molar-refractivity contribution in [2.75, 3.05) is 13.1 Å². The number of amides is 1. The number of halogens is 1. The van der Waals surface area contributed by atoms with E-state index in [2.05, 4.69) is 0 Å². The van der Waals surface area contributed by atoms with Crippen LogP contribution in [0.1, 0.15) is 12.5 Å². The first kappa shape index (κ1) is 17.9. The van der Waals surface area contributed by atoms with Crippen molar-refractivity contribution in [3.05, 3.63) is 57.6 Å². The molecule has 7 heteroatoms. The number of nitrogens with zero attached hydrogens (tertiary/aromatic N) is 2. The second kappa shape index (κ2) is 6.28. The molecular formula is C20H20FN3O2S. The Hall–Kier alpha value is -2.51. The van der Waals surface area contributed by atoms with E-state index < -0.39 is 0 Å². The number of thiophene rings is 1. The molecule has 1 aliphatic rings. The summed E-state index contributed by atoms with van der Waals surface area (Å²) in [6.45, 7) is 4.59. The lowest BCUT2D eigenvalue weighted by atomic mass is 9.94. The summed E-state index contributed by atoms with van der Waals surface area (Å²) in [7, 11) is 0. The van der Waals surface area contributed by atoms with Gasteiger partial charge in [0.25, 0.3) is 5.56 Å². The zero-order chi connectivity index (χ0) is 19.3. The van der Waals surface area contributed by atoms with Gasteiger partial charge in [-0.25, -0.2) is 4.39 Å². The fourth-order valence-electron chi connectivity index (χ4n) is 3.48. The van der Waals surface area contributed by atoms with E-state index in [0.29, 0.717) is 24.0 Å². The highest BCUT2D eigenvalue weighted by Crippen LogP contribution is 2.32. The molecule has 2 N–H and O–H groups in total. The summed E-state index contributed by atoms with van der Waals surface area (Å²) in [5.41, 5.74) is 7.49. The van der Waals surface area contributed by atoms with Gasteiger partial charge in [-0.3, -0.25) is 9.59 Å². The standard InChI is InChI=1S/C20H20FN3O2S/c1-12-7-13(3-4-15(12)21)14-9-27-16-5-6-23(19(26)18(14)16)8-17(25)24-10-20(2,22)11-24/h3-7,9H,8,10-11,22H2,1-2H3. The lowest BCUT2D eigenvalue weighted by Crippen LogP contribution is -2.67. The molecule has 4 rings (SSSR count). The number of aromatic nitrogens is 1. The molecule has 0 atom stereocenters. The summed E-state index contributed by atoms with van der Waals surface area (Å²) in [4.78, 5) is 27.1. The van der Waals surface area contributed by atoms with E-state index in [1.54, 1.807) is 30.2 Å². The summed E-state index contributed by atoms with van der Waals surface area (Å²) in [6.07, 6.45) is 1.65. The first-order valence-electron chi connectivity index (χ1n) is 8.69. The number of benzene rings is 1. The third-order valence-electron chi connectivity index (χ3n) is 4.93. The molecule has 0 radical (unpaired) electrons. The molecule has 3 heterocycles. The summed E-state index contributed by atoms with van der Waals surface area (Å²) >= 11 is 1.46. The van der Waals surface area contributed by atoms with Crippen molar-refractivity contribution in [2.24, 2.45) is 5.73 Å². The van der Waals surface area contributed by atoms with Crippen LogP contribution >= 0.6 is 11.3 Å². The average Bonchev–Trinajstić information content (AvgIpc) is 3.02. The topological polar surface area (TPSA) is 68.3 Å². The lowest BCUT2D eigenvalue weighted by molar-refractivity contribution is -0.138. The number of rotatable bonds is 3. The molecule has 3 aromatic rings. The predicted octanol–water partition coefficient (Wildman–Crippen LogP) is 2.74. The molecule has 1 amide bonds. The number of aryl methyl sites for hydroxylation is 1. The third-order valence-corrected chi connectivity index (χ3v) is 5.88. The fraction of sp³-hybridized carbons (Fsp3) is 0.300. The Labute approximate surface area is 159 Å². The Morgan fingerprint density at radius 1 is 1.33 bits per heavy atom. The molecule has 0 spiro atoms. The normalized spacial score (nSPS) is 15.8. The van der Waals surface area contributed by atoms with Gasteiger partial charge in [0.1, 0.15) is 12.4 Å². The second-order valence-corrected chi connectivity index (χ2v) is 8.42. The maximum atomic E-state index is 13.6. The molecule has 1 aliphatic heterocycles. The molecule has 1 fully saturated rings. The van der Waals surface area contributed by atoms with Gasteiger partial charge in [0.15, 0.2) is 0 Å². The minimum Gasteiger partial charge on any atom is -0.337 e. The molecule has 0 bridgehead atoms. The molecule has 0 unspecified atom stereocenters. The van der Waals surface area contributed by atoms with Crippen LogP contribution in [-0.4, -0.2) is 34.0 Å². The van der Waals surface area contributed by atoms with Crippen molar-refractivity contribution >= 4 is 27.3 Å². The van der Waals surface area contributed by atoms with Crippen molar-refractivity contribution in [1.82, 2.24) is 9.47 Å². The number of carbonyl (C=O) groups is 1. The lowest BCUT2D eigenvalue weighted by Gasteiger charge is -2.45. The van der Waals surface area contributed by atoms with E-state index >= 15 is 0 Å². The first-order valence-corrected chi connectivity index (χ1v) is 9.57. The molecule has 0 saturated carbocycles. The first-order chi connectivity index (χ1) is 12.7. The van der Waals surface area contributed by atoms with Crippen LogP contribution in [0.4, 0.5) is 4.39 Å². The van der Waals surface area contributed by atoms with Gasteiger partial charge in [0, 0.05) is 40.5 Å². The maximum Gasteiger partial charge on any atom is 0.260 e. The van der Waals surface area contributed by atoms with Gasteiger partial charge in [-0.1, -0.05) is 6.07 Å². The van der Waals surface area contributed by atoms with Crippen LogP contribution in [0, 0.1) is 12.7 Å². The smallest absolute Gasteiger partial charge is 0.260 e. The highest BCUT2D eigenvalue weighted by atomic mass is 32.1. The highest BCUT2D eigenvalue weighted by molar-refractivity contribution is 7.17. The van der Waals surface area contributed by atoms with Gasteiger partial charge in [-0.15, -0.1) is 11.3 Å². The van der Waals surface area contributed by atoms with Crippen LogP contribution in [0.5, 0.6) is 0 Å². The Morgan fingerprint density at radius 2 is 2.07 bits per heavy atom. The minimum atomic E-state index is -0.342. The summed E-state index contributed by atoms with van der Waals surface area (Å²) in [6, 6.07) is 6.67. The zero-order valence-corrected chi connectivity index (χ0v) is 16.0. The molecule has 1 aromatic carbocycles. The van der Waals surface area contributed by atoms with E-state index in [1.807, 2.05) is 18.4 Å². The number of nitrogens with two attached hydrogens (primary N) is 1. The van der Waals surface area contributed by atoms with Crippen LogP contribution in [-0.2, 0) is 11.3 Å². The number of hydrogen-bond donors (Lipinski definition) is 1. The number of fused-ring (bicyclic) bond motifs is 1. The summed E-state index contributed by atoms with van der Waals surface area (Å²) < 4.78 is 15.9. The van der Waals surface area contributed by atoms with Crippen molar-refractivity contribution < 1.29 is 9.18 Å². The Kier molecular flexibility index (Phi) is 4.16. The fourth-order valence-corrected chi connectivity index (χ4v) is 4.44. The molecule has 5 nitrogen and oxygen atoms in total. The maximum absolute atomic E-state index is 13.6. The van der Waals surface area contributed by atoms with Gasteiger partial charge < -0.3 is 15.2 Å². The van der Waals surface area contributed by atoms with E-state index in [0.717, 1.165) is 15.8 Å². The van der Waals surface area contributed by atoms with Gasteiger partial charge in [0.2, 0.25) is 5.91 Å². The van der Waals surface area contributed by atoms with E-state index in [1.165, 1.54) is 22.0 Å². The van der Waals surface area contributed by atoms with Gasteiger partial charge in [-0.05, 0) is 43.2 Å². The van der Waals surface area contributed by atoms with E-state index in [4.69, 9.17) is 5.73 Å². The van der Waals surface area contributed by atoms with Crippen LogP contribution < -0.4 is 11.3 Å². The number of likely N-dealkylation sites (tertiary alicyclic amines) is 1. The number of hydrogen-bond acceptors (Lipinski definition) is 4. The van der Waals surface area contributed by atoms with E-state index in [9.17, 15) is 14.0 Å². The van der Waals surface area contributed by atoms with E-state index in [-0.39, 0.29) is 29.4 Å². The Balaban J connectivity index is 1.70. The van der Waals surface area contributed by atoms with Crippen molar-refractivity contribution in [2.45, 2.75) is 25.9 Å².